The highest BCUT2D eigenvalue weighted by atomic mass is 16.6. The molecule has 0 aliphatic carbocycles. The van der Waals surface area contributed by atoms with Gasteiger partial charge < -0.3 is 35.4 Å². The van der Waals surface area contributed by atoms with Gasteiger partial charge in [0.25, 0.3) is 0 Å². The van der Waals surface area contributed by atoms with Crippen molar-refractivity contribution in [2.45, 2.75) is 127 Å². The zero-order valence-corrected chi connectivity index (χ0v) is 20.3. The molecule has 0 fully saturated rings. The molecule has 0 spiro atoms. The number of carbonyl (C=O) groups is 1. The summed E-state index contributed by atoms with van der Waals surface area (Å²) in [6, 6.07) is 0. The Morgan fingerprint density at radius 1 is 0.848 bits per heavy atom. The summed E-state index contributed by atoms with van der Waals surface area (Å²) >= 11 is 0. The second kappa shape index (κ2) is 15.5. The lowest BCUT2D eigenvalue weighted by Gasteiger charge is -2.42. The number of cyclic esters (lactones) is 1. The van der Waals surface area contributed by atoms with Crippen molar-refractivity contribution in [2.24, 2.45) is 0 Å². The average Bonchev–Trinajstić information content (AvgIpc) is 3.03. The highest BCUT2D eigenvalue weighted by Crippen LogP contribution is 2.45. The molecule has 1 aliphatic heterocycles. The summed E-state index contributed by atoms with van der Waals surface area (Å²) in [7, 11) is 0. The number of aliphatic hydroxyl groups is 6. The lowest BCUT2D eigenvalue weighted by atomic mass is 9.75. The van der Waals surface area contributed by atoms with E-state index in [2.05, 4.69) is 6.92 Å². The number of carbonyl (C=O) groups excluding carboxylic acids is 1. The number of ether oxygens (including phenoxy) is 1. The molecule has 0 saturated heterocycles. The first kappa shape index (κ1) is 29.7. The van der Waals surface area contributed by atoms with E-state index in [4.69, 9.17) is 4.74 Å². The molecular formula is C25H46O8. The SMILES string of the molecule is CCCCCCCCCCCCCCCC[C@](O)(CO)[C@@]1(CC(O)CO)OC(=O)C(O)=C1O. The highest BCUT2D eigenvalue weighted by molar-refractivity contribution is 5.90. The molecule has 0 radical (unpaired) electrons. The van der Waals surface area contributed by atoms with Gasteiger partial charge in [0, 0.05) is 6.42 Å². The number of hydrogen-bond donors (Lipinski definition) is 6. The van der Waals surface area contributed by atoms with Crippen LogP contribution in [0.3, 0.4) is 0 Å². The molecule has 1 unspecified atom stereocenters. The molecule has 1 rings (SSSR count). The van der Waals surface area contributed by atoms with Crippen molar-refractivity contribution in [3.63, 3.8) is 0 Å². The number of hydrogen-bond acceptors (Lipinski definition) is 8. The van der Waals surface area contributed by atoms with Gasteiger partial charge in [-0.3, -0.25) is 0 Å². The first-order chi connectivity index (χ1) is 15.8. The van der Waals surface area contributed by atoms with Gasteiger partial charge in [-0.1, -0.05) is 96.8 Å². The van der Waals surface area contributed by atoms with E-state index in [0.717, 1.165) is 25.7 Å². The van der Waals surface area contributed by atoms with Crippen LogP contribution in [0.5, 0.6) is 0 Å². The molecular weight excluding hydrogens is 428 g/mol. The molecule has 1 heterocycles. The molecule has 1 aliphatic rings. The topological polar surface area (TPSA) is 148 Å². The van der Waals surface area contributed by atoms with Gasteiger partial charge in [0.05, 0.1) is 19.3 Å². The fourth-order valence-corrected chi connectivity index (χ4v) is 4.60. The van der Waals surface area contributed by atoms with Crippen molar-refractivity contribution in [2.75, 3.05) is 13.2 Å². The van der Waals surface area contributed by atoms with Crippen LogP contribution in [-0.4, -0.2) is 67.1 Å². The Hall–Kier alpha value is -1.35. The van der Waals surface area contributed by atoms with Crippen LogP contribution in [0, 0.1) is 0 Å². The number of unbranched alkanes of at least 4 members (excludes halogenated alkanes) is 13. The monoisotopic (exact) mass is 474 g/mol. The van der Waals surface area contributed by atoms with Crippen LogP contribution in [0.1, 0.15) is 110 Å². The molecule has 6 N–H and O–H groups in total. The summed E-state index contributed by atoms with van der Waals surface area (Å²) in [5, 5.41) is 60.1. The largest absolute Gasteiger partial charge is 0.505 e. The predicted octanol–water partition coefficient (Wildman–Crippen LogP) is 3.95. The Bertz CT molecular complexity index is 593. The number of esters is 1. The number of rotatable bonds is 20. The number of aliphatic hydroxyl groups excluding tert-OH is 5. The third-order valence-electron chi connectivity index (χ3n) is 6.76. The van der Waals surface area contributed by atoms with Crippen LogP contribution in [0.15, 0.2) is 11.5 Å². The van der Waals surface area contributed by atoms with Crippen molar-refractivity contribution in [1.82, 2.24) is 0 Å². The molecule has 0 aromatic heterocycles. The minimum atomic E-state index is -2.21. The molecule has 8 nitrogen and oxygen atoms in total. The van der Waals surface area contributed by atoms with Gasteiger partial charge in [-0.15, -0.1) is 0 Å². The lowest BCUT2D eigenvalue weighted by molar-refractivity contribution is -0.203. The maximum Gasteiger partial charge on any atom is 0.378 e. The van der Waals surface area contributed by atoms with Gasteiger partial charge in [0.2, 0.25) is 11.4 Å². The van der Waals surface area contributed by atoms with Crippen LogP contribution in [0.25, 0.3) is 0 Å². The highest BCUT2D eigenvalue weighted by Gasteiger charge is 2.62. The second-order valence-electron chi connectivity index (χ2n) is 9.49. The Morgan fingerprint density at radius 2 is 1.30 bits per heavy atom. The third-order valence-corrected chi connectivity index (χ3v) is 6.76. The van der Waals surface area contributed by atoms with E-state index in [1.54, 1.807) is 0 Å². The van der Waals surface area contributed by atoms with E-state index in [0.29, 0.717) is 6.42 Å². The minimum absolute atomic E-state index is 0.00962. The van der Waals surface area contributed by atoms with E-state index in [1.165, 1.54) is 57.8 Å². The Balaban J connectivity index is 2.37. The van der Waals surface area contributed by atoms with Gasteiger partial charge in [-0.2, -0.15) is 0 Å². The summed E-state index contributed by atoms with van der Waals surface area (Å²) in [6.07, 6.45) is 14.2. The van der Waals surface area contributed by atoms with E-state index in [9.17, 15) is 35.4 Å². The first-order valence-corrected chi connectivity index (χ1v) is 12.8. The van der Waals surface area contributed by atoms with E-state index >= 15 is 0 Å². The molecule has 8 heteroatoms. The van der Waals surface area contributed by atoms with Gasteiger partial charge in [0.1, 0.15) is 5.60 Å². The fourth-order valence-electron chi connectivity index (χ4n) is 4.60. The van der Waals surface area contributed by atoms with E-state index in [-0.39, 0.29) is 6.42 Å². The van der Waals surface area contributed by atoms with E-state index in [1.807, 2.05) is 0 Å². The standard InChI is InChI=1S/C25H46O8/c1-2-3-4-5-6-7-8-9-10-11-12-13-14-15-16-24(32,19-27)25(17-20(28)18-26)22(30)21(29)23(31)33-25/h20,26-30,32H,2-19H2,1H3/t20?,24-,25-/m0/s1. The van der Waals surface area contributed by atoms with Crippen LogP contribution in [0.4, 0.5) is 0 Å². The van der Waals surface area contributed by atoms with Crippen LogP contribution in [-0.2, 0) is 9.53 Å². The smallest absolute Gasteiger partial charge is 0.378 e. The fraction of sp³-hybridized carbons (Fsp3) is 0.880. The quantitative estimate of drug-likeness (QED) is 0.115. The normalized spacial score (nSPS) is 21.3. The Kier molecular flexibility index (Phi) is 14.0. The van der Waals surface area contributed by atoms with Gasteiger partial charge in [-0.25, -0.2) is 4.79 Å². The maximum atomic E-state index is 11.8. The van der Waals surface area contributed by atoms with Crippen LogP contribution < -0.4 is 0 Å². The van der Waals surface area contributed by atoms with Gasteiger partial charge in [-0.05, 0) is 6.42 Å². The Labute approximate surface area is 198 Å². The first-order valence-electron chi connectivity index (χ1n) is 12.8. The van der Waals surface area contributed by atoms with Crippen molar-refractivity contribution in [3.05, 3.63) is 11.5 Å². The van der Waals surface area contributed by atoms with Crippen LogP contribution >= 0.6 is 0 Å². The minimum Gasteiger partial charge on any atom is -0.505 e. The van der Waals surface area contributed by atoms with Crippen molar-refractivity contribution in [3.8, 4) is 0 Å². The average molecular weight is 475 g/mol. The summed E-state index contributed by atoms with van der Waals surface area (Å²) < 4.78 is 5.08. The van der Waals surface area contributed by atoms with Crippen molar-refractivity contribution >= 4 is 5.97 Å². The van der Waals surface area contributed by atoms with Gasteiger partial charge in [0.15, 0.2) is 5.76 Å². The van der Waals surface area contributed by atoms with Crippen molar-refractivity contribution in [1.29, 1.82) is 0 Å². The molecule has 33 heavy (non-hydrogen) atoms. The zero-order chi connectivity index (χ0) is 24.7. The van der Waals surface area contributed by atoms with Crippen LogP contribution in [0.2, 0.25) is 0 Å². The molecule has 0 aromatic carbocycles. The lowest BCUT2D eigenvalue weighted by Crippen LogP contribution is -2.60. The summed E-state index contributed by atoms with van der Waals surface area (Å²) in [5.74, 6) is -3.24. The third kappa shape index (κ3) is 8.74. The summed E-state index contributed by atoms with van der Waals surface area (Å²) in [5.41, 5.74) is -4.31. The molecule has 0 bridgehead atoms. The Morgan fingerprint density at radius 3 is 1.67 bits per heavy atom. The predicted molar refractivity (Wildman–Crippen MR) is 126 cm³/mol. The van der Waals surface area contributed by atoms with E-state index < -0.39 is 54.4 Å². The molecule has 3 atom stereocenters. The molecule has 194 valence electrons. The molecule has 0 aromatic rings. The molecule has 0 saturated carbocycles. The maximum absolute atomic E-state index is 11.8. The second-order valence-corrected chi connectivity index (χ2v) is 9.49. The summed E-state index contributed by atoms with van der Waals surface area (Å²) in [6.45, 7) is 0.676. The zero-order valence-electron chi connectivity index (χ0n) is 20.3. The molecule has 0 amide bonds. The summed E-state index contributed by atoms with van der Waals surface area (Å²) in [4.78, 5) is 11.8. The van der Waals surface area contributed by atoms with Gasteiger partial charge >= 0.3 is 5.97 Å². The van der Waals surface area contributed by atoms with Crippen molar-refractivity contribution < 1.29 is 40.2 Å².